The summed E-state index contributed by atoms with van der Waals surface area (Å²) in [5, 5.41) is 14.5. The molecule has 5 heteroatoms. The molecule has 0 bridgehead atoms. The number of hydrogen-bond acceptors (Lipinski definition) is 4. The van der Waals surface area contributed by atoms with Gasteiger partial charge in [-0.2, -0.15) is 0 Å². The van der Waals surface area contributed by atoms with E-state index in [0.717, 1.165) is 17.9 Å². The zero-order valence-electron chi connectivity index (χ0n) is 8.81. The summed E-state index contributed by atoms with van der Waals surface area (Å²) < 4.78 is 1.66. The van der Waals surface area contributed by atoms with Crippen molar-refractivity contribution in [1.82, 2.24) is 25.5 Å². The maximum absolute atomic E-state index is 3.95. The number of benzene rings is 1. The lowest BCUT2D eigenvalue weighted by atomic mass is 10.1. The van der Waals surface area contributed by atoms with Crippen molar-refractivity contribution in [2.75, 3.05) is 7.05 Å². The molecular weight excluding hydrogens is 190 g/mol. The zero-order chi connectivity index (χ0) is 10.7. The van der Waals surface area contributed by atoms with E-state index in [1.165, 1.54) is 5.56 Å². The van der Waals surface area contributed by atoms with E-state index in [2.05, 4.69) is 33.0 Å². The largest absolute Gasteiger partial charge is 0.316 e. The summed E-state index contributed by atoms with van der Waals surface area (Å²) in [4.78, 5) is 0. The Kier molecular flexibility index (Phi) is 2.73. The standard InChI is InChI=1S/C10H13N5/c1-11-7-8-3-5-9(6-4-8)10-12-13-14-15(10)2/h3-6,11H,7H2,1-2H3. The monoisotopic (exact) mass is 203 g/mol. The Morgan fingerprint density at radius 2 is 2.00 bits per heavy atom. The van der Waals surface area contributed by atoms with Gasteiger partial charge in [0.2, 0.25) is 0 Å². The highest BCUT2D eigenvalue weighted by Crippen LogP contribution is 2.15. The number of nitrogens with one attached hydrogen (secondary N) is 1. The van der Waals surface area contributed by atoms with Crippen LogP contribution < -0.4 is 5.32 Å². The van der Waals surface area contributed by atoms with Crippen molar-refractivity contribution in [3.63, 3.8) is 0 Å². The summed E-state index contributed by atoms with van der Waals surface area (Å²) >= 11 is 0. The summed E-state index contributed by atoms with van der Waals surface area (Å²) in [6, 6.07) is 8.19. The first-order valence-corrected chi connectivity index (χ1v) is 4.77. The molecule has 15 heavy (non-hydrogen) atoms. The highest BCUT2D eigenvalue weighted by Gasteiger charge is 2.04. The second-order valence-corrected chi connectivity index (χ2v) is 3.35. The van der Waals surface area contributed by atoms with Gasteiger partial charge in [0.1, 0.15) is 0 Å². The lowest BCUT2D eigenvalue weighted by Gasteiger charge is -2.02. The zero-order valence-corrected chi connectivity index (χ0v) is 8.81. The van der Waals surface area contributed by atoms with Gasteiger partial charge in [-0.25, -0.2) is 4.68 Å². The summed E-state index contributed by atoms with van der Waals surface area (Å²) in [5.74, 6) is 0.783. The van der Waals surface area contributed by atoms with E-state index >= 15 is 0 Å². The SMILES string of the molecule is CNCc1ccc(-c2nnnn2C)cc1. The maximum Gasteiger partial charge on any atom is 0.181 e. The molecule has 0 spiro atoms. The van der Waals surface area contributed by atoms with E-state index in [4.69, 9.17) is 0 Å². The molecule has 2 aromatic rings. The molecule has 0 aliphatic rings. The highest BCUT2D eigenvalue weighted by molar-refractivity contribution is 5.54. The van der Waals surface area contributed by atoms with Crippen LogP contribution in [0.1, 0.15) is 5.56 Å². The van der Waals surface area contributed by atoms with Crippen molar-refractivity contribution < 1.29 is 0 Å². The molecule has 1 aromatic heterocycles. The third kappa shape index (κ3) is 2.02. The summed E-state index contributed by atoms with van der Waals surface area (Å²) in [6.45, 7) is 0.872. The van der Waals surface area contributed by atoms with E-state index in [9.17, 15) is 0 Å². The third-order valence-corrected chi connectivity index (χ3v) is 2.21. The van der Waals surface area contributed by atoms with Crippen LogP contribution in [0.2, 0.25) is 0 Å². The average molecular weight is 203 g/mol. The molecule has 0 aliphatic carbocycles. The van der Waals surface area contributed by atoms with Gasteiger partial charge < -0.3 is 5.32 Å². The first-order chi connectivity index (χ1) is 7.31. The fourth-order valence-corrected chi connectivity index (χ4v) is 1.45. The van der Waals surface area contributed by atoms with E-state index in [0.29, 0.717) is 0 Å². The molecule has 0 radical (unpaired) electrons. The van der Waals surface area contributed by atoms with Gasteiger partial charge in [-0.05, 0) is 23.0 Å². The van der Waals surface area contributed by atoms with Crippen LogP contribution in [0.15, 0.2) is 24.3 Å². The van der Waals surface area contributed by atoms with Gasteiger partial charge in [-0.15, -0.1) is 5.10 Å². The molecule has 0 atom stereocenters. The van der Waals surface area contributed by atoms with Gasteiger partial charge in [-0.1, -0.05) is 24.3 Å². The summed E-state index contributed by atoms with van der Waals surface area (Å²) in [6.07, 6.45) is 0. The van der Waals surface area contributed by atoms with Gasteiger partial charge in [0, 0.05) is 19.2 Å². The van der Waals surface area contributed by atoms with Crippen molar-refractivity contribution in [3.05, 3.63) is 29.8 Å². The Morgan fingerprint density at radius 1 is 1.27 bits per heavy atom. The van der Waals surface area contributed by atoms with Gasteiger partial charge in [-0.3, -0.25) is 0 Å². The van der Waals surface area contributed by atoms with Crippen LogP contribution in [-0.4, -0.2) is 27.3 Å². The Balaban J connectivity index is 2.28. The predicted molar refractivity (Wildman–Crippen MR) is 57.0 cm³/mol. The number of hydrogen-bond donors (Lipinski definition) is 1. The van der Waals surface area contributed by atoms with Crippen LogP contribution in [0.25, 0.3) is 11.4 Å². The van der Waals surface area contributed by atoms with Gasteiger partial charge in [0.15, 0.2) is 5.82 Å². The Morgan fingerprint density at radius 3 is 2.53 bits per heavy atom. The van der Waals surface area contributed by atoms with E-state index < -0.39 is 0 Å². The van der Waals surface area contributed by atoms with E-state index in [1.54, 1.807) is 4.68 Å². The number of nitrogens with zero attached hydrogens (tertiary/aromatic N) is 4. The minimum Gasteiger partial charge on any atom is -0.316 e. The molecule has 2 rings (SSSR count). The van der Waals surface area contributed by atoms with Crippen LogP contribution in [0.4, 0.5) is 0 Å². The number of aryl methyl sites for hydroxylation is 1. The third-order valence-electron chi connectivity index (χ3n) is 2.21. The molecule has 0 amide bonds. The minimum absolute atomic E-state index is 0.783. The van der Waals surface area contributed by atoms with Crippen molar-refractivity contribution in [3.8, 4) is 11.4 Å². The molecule has 1 aromatic carbocycles. The lowest BCUT2D eigenvalue weighted by molar-refractivity contribution is 0.714. The quantitative estimate of drug-likeness (QED) is 0.793. The average Bonchev–Trinajstić information content (AvgIpc) is 2.66. The fourth-order valence-electron chi connectivity index (χ4n) is 1.45. The van der Waals surface area contributed by atoms with Crippen LogP contribution in [0.3, 0.4) is 0 Å². The first kappa shape index (κ1) is 9.79. The van der Waals surface area contributed by atoms with Gasteiger partial charge in [0.05, 0.1) is 0 Å². The maximum atomic E-state index is 3.95. The van der Waals surface area contributed by atoms with E-state index in [-0.39, 0.29) is 0 Å². The predicted octanol–water partition coefficient (Wildman–Crippen LogP) is 0.596. The number of aromatic nitrogens is 4. The van der Waals surface area contributed by atoms with Gasteiger partial charge >= 0.3 is 0 Å². The molecule has 0 aliphatic heterocycles. The Bertz CT molecular complexity index is 431. The second-order valence-electron chi connectivity index (χ2n) is 3.35. The molecule has 0 saturated carbocycles. The number of rotatable bonds is 3. The fraction of sp³-hybridized carbons (Fsp3) is 0.300. The van der Waals surface area contributed by atoms with Crippen molar-refractivity contribution in [2.24, 2.45) is 7.05 Å². The Labute approximate surface area is 88.1 Å². The molecule has 0 fully saturated rings. The first-order valence-electron chi connectivity index (χ1n) is 4.77. The molecule has 0 unspecified atom stereocenters. The van der Waals surface area contributed by atoms with E-state index in [1.807, 2.05) is 26.2 Å². The topological polar surface area (TPSA) is 55.6 Å². The molecule has 0 saturated heterocycles. The van der Waals surface area contributed by atoms with Crippen LogP contribution in [0, 0.1) is 0 Å². The number of tetrazole rings is 1. The smallest absolute Gasteiger partial charge is 0.181 e. The summed E-state index contributed by atoms with van der Waals surface area (Å²) in [7, 11) is 3.76. The van der Waals surface area contributed by atoms with Crippen molar-refractivity contribution in [1.29, 1.82) is 0 Å². The normalized spacial score (nSPS) is 10.5. The highest BCUT2D eigenvalue weighted by atomic mass is 15.5. The summed E-state index contributed by atoms with van der Waals surface area (Å²) in [5.41, 5.74) is 2.28. The van der Waals surface area contributed by atoms with Crippen LogP contribution in [-0.2, 0) is 13.6 Å². The minimum atomic E-state index is 0.783. The van der Waals surface area contributed by atoms with Gasteiger partial charge in [0.25, 0.3) is 0 Å². The van der Waals surface area contributed by atoms with Crippen molar-refractivity contribution in [2.45, 2.75) is 6.54 Å². The molecule has 1 heterocycles. The van der Waals surface area contributed by atoms with Crippen molar-refractivity contribution >= 4 is 0 Å². The van der Waals surface area contributed by atoms with Crippen LogP contribution >= 0.6 is 0 Å². The molecular formula is C10H13N5. The molecule has 1 N–H and O–H groups in total. The molecule has 5 nitrogen and oxygen atoms in total. The Hall–Kier alpha value is -1.75. The second kappa shape index (κ2) is 4.18. The van der Waals surface area contributed by atoms with Crippen LogP contribution in [0.5, 0.6) is 0 Å². The lowest BCUT2D eigenvalue weighted by Crippen LogP contribution is -2.04. The molecule has 78 valence electrons.